The summed E-state index contributed by atoms with van der Waals surface area (Å²) >= 11 is 0. The minimum Gasteiger partial charge on any atom is -0.361 e. The van der Waals surface area contributed by atoms with E-state index in [0.29, 0.717) is 6.04 Å². The highest BCUT2D eigenvalue weighted by atomic mass is 15.1. The van der Waals surface area contributed by atoms with Crippen LogP contribution >= 0.6 is 0 Å². The molecule has 3 rings (SSSR count). The Hall–Kier alpha value is -1.28. The largest absolute Gasteiger partial charge is 0.361 e. The molecule has 1 atom stereocenters. The fourth-order valence-electron chi connectivity index (χ4n) is 2.83. The van der Waals surface area contributed by atoms with Gasteiger partial charge in [0.15, 0.2) is 0 Å². The molecule has 1 aliphatic heterocycles. The van der Waals surface area contributed by atoms with Crippen molar-refractivity contribution >= 4 is 10.9 Å². The third-order valence-electron chi connectivity index (χ3n) is 3.75. The van der Waals surface area contributed by atoms with Gasteiger partial charge >= 0.3 is 0 Å². The molecule has 0 spiro atoms. The van der Waals surface area contributed by atoms with Crippen LogP contribution in [0.25, 0.3) is 10.9 Å². The maximum absolute atomic E-state index is 3.39. The van der Waals surface area contributed by atoms with Crippen LogP contribution in [0.5, 0.6) is 0 Å². The van der Waals surface area contributed by atoms with Crippen molar-refractivity contribution in [1.82, 2.24) is 9.88 Å². The third kappa shape index (κ3) is 1.45. The molecule has 1 aliphatic rings. The average Bonchev–Trinajstić information content (AvgIpc) is 2.83. The highest BCUT2D eigenvalue weighted by Gasteiger charge is 2.24. The first-order valence-corrected chi connectivity index (χ1v) is 6.03. The van der Waals surface area contributed by atoms with Crippen molar-refractivity contribution in [2.24, 2.45) is 0 Å². The van der Waals surface area contributed by atoms with Crippen molar-refractivity contribution in [3.05, 3.63) is 35.5 Å². The van der Waals surface area contributed by atoms with Crippen LogP contribution in [-0.4, -0.2) is 23.5 Å². The molecule has 2 nitrogen and oxygen atoms in total. The van der Waals surface area contributed by atoms with Crippen LogP contribution in [0, 0.1) is 6.92 Å². The number of hydrogen-bond donors (Lipinski definition) is 1. The quantitative estimate of drug-likeness (QED) is 0.772. The van der Waals surface area contributed by atoms with E-state index < -0.39 is 0 Å². The second kappa shape index (κ2) is 3.63. The van der Waals surface area contributed by atoms with E-state index in [-0.39, 0.29) is 0 Å². The number of nitrogens with one attached hydrogen (secondary N) is 1. The lowest BCUT2D eigenvalue weighted by atomic mass is 10.0. The molecule has 1 saturated heterocycles. The third-order valence-corrected chi connectivity index (χ3v) is 3.75. The normalized spacial score (nSPS) is 22.0. The van der Waals surface area contributed by atoms with Crippen LogP contribution < -0.4 is 0 Å². The Morgan fingerprint density at radius 3 is 3.00 bits per heavy atom. The predicted octanol–water partition coefficient (Wildman–Crippen LogP) is 3.24. The van der Waals surface area contributed by atoms with Crippen molar-refractivity contribution in [2.75, 3.05) is 13.6 Å². The minimum atomic E-state index is 0.607. The molecular formula is C14H18N2. The van der Waals surface area contributed by atoms with E-state index in [0.717, 1.165) is 0 Å². The van der Waals surface area contributed by atoms with Crippen molar-refractivity contribution < 1.29 is 0 Å². The van der Waals surface area contributed by atoms with Crippen molar-refractivity contribution in [3.8, 4) is 0 Å². The number of hydrogen-bond acceptors (Lipinski definition) is 1. The van der Waals surface area contributed by atoms with Gasteiger partial charge in [0.1, 0.15) is 0 Å². The molecule has 1 fully saturated rings. The number of fused-ring (bicyclic) bond motifs is 1. The Labute approximate surface area is 96.3 Å². The number of aromatic nitrogens is 1. The van der Waals surface area contributed by atoms with E-state index in [1.54, 1.807) is 0 Å². The van der Waals surface area contributed by atoms with Crippen molar-refractivity contribution in [3.63, 3.8) is 0 Å². The van der Waals surface area contributed by atoms with Gasteiger partial charge in [0.25, 0.3) is 0 Å². The molecule has 16 heavy (non-hydrogen) atoms. The molecule has 2 heterocycles. The summed E-state index contributed by atoms with van der Waals surface area (Å²) in [5, 5.41) is 1.40. The van der Waals surface area contributed by atoms with Gasteiger partial charge in [-0.15, -0.1) is 0 Å². The second-order valence-corrected chi connectivity index (χ2v) is 4.93. The maximum Gasteiger partial charge on any atom is 0.0457 e. The molecule has 2 aromatic rings. The number of H-pyrrole nitrogens is 1. The monoisotopic (exact) mass is 214 g/mol. The van der Waals surface area contributed by atoms with Gasteiger partial charge in [-0.1, -0.05) is 11.6 Å². The van der Waals surface area contributed by atoms with Gasteiger partial charge < -0.3 is 4.98 Å². The lowest BCUT2D eigenvalue weighted by Crippen LogP contribution is -2.17. The molecule has 0 saturated carbocycles. The molecule has 1 N–H and O–H groups in total. The summed E-state index contributed by atoms with van der Waals surface area (Å²) in [4.78, 5) is 5.85. The van der Waals surface area contributed by atoms with E-state index in [9.17, 15) is 0 Å². The molecular weight excluding hydrogens is 196 g/mol. The zero-order valence-electron chi connectivity index (χ0n) is 9.96. The number of aromatic amines is 1. The summed E-state index contributed by atoms with van der Waals surface area (Å²) in [6.07, 6.45) is 4.80. The van der Waals surface area contributed by atoms with Gasteiger partial charge in [-0.2, -0.15) is 0 Å². The predicted molar refractivity (Wildman–Crippen MR) is 67.6 cm³/mol. The molecule has 84 valence electrons. The van der Waals surface area contributed by atoms with Crippen LogP contribution in [0.15, 0.2) is 24.4 Å². The fourth-order valence-corrected chi connectivity index (χ4v) is 2.83. The van der Waals surface area contributed by atoms with Crippen LogP contribution in [0.2, 0.25) is 0 Å². The molecule has 0 aliphatic carbocycles. The zero-order valence-corrected chi connectivity index (χ0v) is 9.96. The molecule has 0 unspecified atom stereocenters. The summed E-state index contributed by atoms with van der Waals surface area (Å²) < 4.78 is 0. The summed E-state index contributed by atoms with van der Waals surface area (Å²) in [5.41, 5.74) is 4.08. The number of likely N-dealkylation sites (tertiary alicyclic amines) is 1. The topological polar surface area (TPSA) is 19.0 Å². The van der Waals surface area contributed by atoms with Crippen LogP contribution in [0.4, 0.5) is 0 Å². The van der Waals surface area contributed by atoms with E-state index in [4.69, 9.17) is 0 Å². The maximum atomic E-state index is 3.39. The summed E-state index contributed by atoms with van der Waals surface area (Å²) in [5.74, 6) is 0. The van der Waals surface area contributed by atoms with Crippen LogP contribution in [-0.2, 0) is 0 Å². The summed E-state index contributed by atoms with van der Waals surface area (Å²) in [7, 11) is 2.23. The highest BCUT2D eigenvalue weighted by Crippen LogP contribution is 2.34. The van der Waals surface area contributed by atoms with Gasteiger partial charge in [0.05, 0.1) is 0 Å². The van der Waals surface area contributed by atoms with Crippen molar-refractivity contribution in [2.45, 2.75) is 25.8 Å². The van der Waals surface area contributed by atoms with E-state index in [2.05, 4.69) is 48.3 Å². The van der Waals surface area contributed by atoms with Crippen molar-refractivity contribution in [1.29, 1.82) is 0 Å². The van der Waals surface area contributed by atoms with Gasteiger partial charge in [-0.05, 0) is 51.1 Å². The first kappa shape index (κ1) is 9.91. The second-order valence-electron chi connectivity index (χ2n) is 4.93. The van der Waals surface area contributed by atoms with Gasteiger partial charge in [-0.25, -0.2) is 0 Å². The van der Waals surface area contributed by atoms with Gasteiger partial charge in [0, 0.05) is 23.1 Å². The van der Waals surface area contributed by atoms with E-state index in [1.165, 1.54) is 41.4 Å². The molecule has 1 aromatic carbocycles. The highest BCUT2D eigenvalue weighted by molar-refractivity contribution is 5.84. The number of rotatable bonds is 1. The molecule has 1 aromatic heterocycles. The smallest absolute Gasteiger partial charge is 0.0457 e. The summed E-state index contributed by atoms with van der Waals surface area (Å²) in [6, 6.07) is 7.26. The number of aryl methyl sites for hydroxylation is 1. The Morgan fingerprint density at radius 2 is 2.25 bits per heavy atom. The number of nitrogens with zero attached hydrogens (tertiary/aromatic N) is 1. The van der Waals surface area contributed by atoms with E-state index >= 15 is 0 Å². The molecule has 0 bridgehead atoms. The average molecular weight is 214 g/mol. The summed E-state index contributed by atoms with van der Waals surface area (Å²) in [6.45, 7) is 3.39. The Bertz CT molecular complexity index is 512. The van der Waals surface area contributed by atoms with Crippen LogP contribution in [0.3, 0.4) is 0 Å². The molecule has 2 heteroatoms. The Balaban J connectivity index is 2.12. The first-order chi connectivity index (χ1) is 7.75. The Kier molecular flexibility index (Phi) is 2.25. The van der Waals surface area contributed by atoms with Gasteiger partial charge in [0.2, 0.25) is 0 Å². The molecule has 0 amide bonds. The number of benzene rings is 1. The van der Waals surface area contributed by atoms with Crippen LogP contribution in [0.1, 0.15) is 30.0 Å². The Morgan fingerprint density at radius 1 is 1.38 bits per heavy atom. The van der Waals surface area contributed by atoms with Gasteiger partial charge in [-0.3, -0.25) is 4.90 Å². The lowest BCUT2D eigenvalue weighted by molar-refractivity contribution is 0.319. The van der Waals surface area contributed by atoms with E-state index in [1.807, 2.05) is 0 Å². The standard InChI is InChI=1S/C14H18N2/c1-10-5-6-13-11(8-10)12(9-15-13)14-4-3-7-16(14)2/h5-6,8-9,14-15H,3-4,7H2,1-2H3/t14-/m1/s1. The zero-order chi connectivity index (χ0) is 11.1. The first-order valence-electron chi connectivity index (χ1n) is 6.03. The SMILES string of the molecule is Cc1ccc2[nH]cc([C@H]3CCCN3C)c2c1. The molecule has 0 radical (unpaired) electrons. The minimum absolute atomic E-state index is 0.607. The fraction of sp³-hybridized carbons (Fsp3) is 0.429. The lowest BCUT2D eigenvalue weighted by Gasteiger charge is -2.18.